The highest BCUT2D eigenvalue weighted by molar-refractivity contribution is 8.00. The second kappa shape index (κ2) is 6.68. The molecule has 1 aliphatic rings. The lowest BCUT2D eigenvalue weighted by atomic mass is 10.3. The molecule has 1 unspecified atom stereocenters. The van der Waals surface area contributed by atoms with Crippen LogP contribution in [-0.4, -0.2) is 29.0 Å². The van der Waals surface area contributed by atoms with Crippen molar-refractivity contribution in [3.8, 4) is 11.5 Å². The Kier molecular flexibility index (Phi) is 4.21. The van der Waals surface area contributed by atoms with Crippen molar-refractivity contribution in [2.45, 2.75) is 10.4 Å². The Morgan fingerprint density at radius 1 is 1.15 bits per heavy atom. The van der Waals surface area contributed by atoms with Crippen LogP contribution in [0.15, 0.2) is 47.4 Å². The number of hydrogen-bond donors (Lipinski definition) is 3. The lowest BCUT2D eigenvalue weighted by Crippen LogP contribution is -2.15. The number of methoxy groups -OCH3 is 2. The molecular formula is C17H18N6O2S. The van der Waals surface area contributed by atoms with Crippen LogP contribution in [-0.2, 0) is 0 Å². The Morgan fingerprint density at radius 2 is 1.96 bits per heavy atom. The van der Waals surface area contributed by atoms with Crippen molar-refractivity contribution in [1.29, 1.82) is 0 Å². The molecule has 2 heterocycles. The summed E-state index contributed by atoms with van der Waals surface area (Å²) in [5, 5.41) is 11.0. The first kappa shape index (κ1) is 16.4. The Balaban J connectivity index is 1.54. The van der Waals surface area contributed by atoms with Crippen LogP contribution in [0.1, 0.15) is 5.50 Å². The normalized spacial score (nSPS) is 15.2. The molecule has 0 radical (unpaired) electrons. The number of fused-ring (bicyclic) bond motifs is 1. The fourth-order valence-electron chi connectivity index (χ4n) is 2.69. The number of nitrogens with zero attached hydrogens (tertiary/aromatic N) is 3. The zero-order valence-corrected chi connectivity index (χ0v) is 15.1. The molecule has 1 atom stereocenters. The molecule has 0 amide bonds. The zero-order valence-electron chi connectivity index (χ0n) is 14.3. The predicted molar refractivity (Wildman–Crippen MR) is 102 cm³/mol. The number of nitrogen functional groups attached to an aromatic ring is 1. The average Bonchev–Trinajstić information content (AvgIpc) is 3.24. The van der Waals surface area contributed by atoms with Gasteiger partial charge in [0.1, 0.15) is 0 Å². The SMILES string of the molecule is COc1ccc(Nc2nc(N)n(C3Nc4ccccc4S3)n2)cc1OC. The molecule has 0 fully saturated rings. The quantitative estimate of drug-likeness (QED) is 0.629. The van der Waals surface area contributed by atoms with Crippen LogP contribution >= 0.6 is 11.8 Å². The highest BCUT2D eigenvalue weighted by Gasteiger charge is 2.25. The van der Waals surface area contributed by atoms with E-state index in [4.69, 9.17) is 15.2 Å². The van der Waals surface area contributed by atoms with Gasteiger partial charge in [-0.05, 0) is 24.3 Å². The third kappa shape index (κ3) is 2.97. The second-order valence-corrected chi connectivity index (χ2v) is 6.67. The van der Waals surface area contributed by atoms with E-state index in [-0.39, 0.29) is 5.50 Å². The monoisotopic (exact) mass is 370 g/mol. The van der Waals surface area contributed by atoms with E-state index in [1.165, 1.54) is 0 Å². The maximum Gasteiger partial charge on any atom is 0.248 e. The number of anilines is 4. The fourth-order valence-corrected chi connectivity index (χ4v) is 3.78. The average molecular weight is 370 g/mol. The standard InChI is InChI=1S/C17H18N6O2S/c1-24-12-8-7-10(9-13(12)25-2)19-16-21-15(18)23(22-16)17-20-11-5-3-4-6-14(11)26-17/h3-9,17,20H,1-2H3,(H3,18,19,21,22). The zero-order chi connectivity index (χ0) is 18.1. The minimum atomic E-state index is -0.138. The van der Waals surface area contributed by atoms with Gasteiger partial charge in [-0.15, -0.1) is 5.10 Å². The molecule has 1 aliphatic heterocycles. The number of aromatic nitrogens is 3. The maximum absolute atomic E-state index is 6.06. The van der Waals surface area contributed by atoms with Crippen molar-refractivity contribution < 1.29 is 9.47 Å². The van der Waals surface area contributed by atoms with Gasteiger partial charge < -0.3 is 25.8 Å². The predicted octanol–water partition coefficient (Wildman–Crippen LogP) is 3.30. The topological polar surface area (TPSA) is 99.2 Å². The van der Waals surface area contributed by atoms with E-state index in [1.54, 1.807) is 30.7 Å². The molecule has 8 nitrogen and oxygen atoms in total. The molecule has 1 aromatic heterocycles. The van der Waals surface area contributed by atoms with Crippen LogP contribution < -0.4 is 25.8 Å². The summed E-state index contributed by atoms with van der Waals surface area (Å²) in [6, 6.07) is 13.6. The van der Waals surface area contributed by atoms with Gasteiger partial charge in [0, 0.05) is 16.6 Å². The molecule has 0 spiro atoms. The van der Waals surface area contributed by atoms with E-state index in [1.807, 2.05) is 36.4 Å². The van der Waals surface area contributed by atoms with E-state index in [2.05, 4.69) is 26.8 Å². The third-order valence-electron chi connectivity index (χ3n) is 3.92. The summed E-state index contributed by atoms with van der Waals surface area (Å²) in [4.78, 5) is 5.46. The molecule has 0 aliphatic carbocycles. The summed E-state index contributed by atoms with van der Waals surface area (Å²) in [6.07, 6.45) is 0. The first-order valence-corrected chi connectivity index (χ1v) is 8.79. The first-order chi connectivity index (χ1) is 12.7. The van der Waals surface area contributed by atoms with Gasteiger partial charge in [-0.3, -0.25) is 0 Å². The van der Waals surface area contributed by atoms with Crippen LogP contribution in [0.3, 0.4) is 0 Å². The van der Waals surface area contributed by atoms with E-state index in [0.717, 1.165) is 16.3 Å². The Hall–Kier alpha value is -3.07. The minimum absolute atomic E-state index is 0.138. The molecule has 3 aromatic rings. The molecule has 26 heavy (non-hydrogen) atoms. The summed E-state index contributed by atoms with van der Waals surface area (Å²) < 4.78 is 12.2. The van der Waals surface area contributed by atoms with E-state index >= 15 is 0 Å². The number of nitrogens with two attached hydrogens (primary N) is 1. The van der Waals surface area contributed by atoms with Crippen molar-refractivity contribution in [2.24, 2.45) is 0 Å². The van der Waals surface area contributed by atoms with Gasteiger partial charge in [-0.1, -0.05) is 23.9 Å². The molecule has 9 heteroatoms. The molecular weight excluding hydrogens is 352 g/mol. The number of para-hydroxylation sites is 1. The highest BCUT2D eigenvalue weighted by Crippen LogP contribution is 2.44. The van der Waals surface area contributed by atoms with E-state index in [0.29, 0.717) is 23.4 Å². The summed E-state index contributed by atoms with van der Waals surface area (Å²) in [6.45, 7) is 0. The van der Waals surface area contributed by atoms with Gasteiger partial charge in [0.2, 0.25) is 11.9 Å². The maximum atomic E-state index is 6.06. The van der Waals surface area contributed by atoms with Gasteiger partial charge in [0.05, 0.1) is 19.9 Å². The van der Waals surface area contributed by atoms with Crippen LogP contribution in [0.2, 0.25) is 0 Å². The number of hydrogen-bond acceptors (Lipinski definition) is 8. The first-order valence-electron chi connectivity index (χ1n) is 7.91. The van der Waals surface area contributed by atoms with Crippen molar-refractivity contribution in [1.82, 2.24) is 14.8 Å². The van der Waals surface area contributed by atoms with Gasteiger partial charge in [-0.25, -0.2) is 0 Å². The van der Waals surface area contributed by atoms with Crippen molar-refractivity contribution >= 4 is 35.0 Å². The summed E-state index contributed by atoms with van der Waals surface area (Å²) in [7, 11) is 3.19. The lowest BCUT2D eigenvalue weighted by molar-refractivity contribution is 0.355. The smallest absolute Gasteiger partial charge is 0.248 e. The second-order valence-electron chi connectivity index (χ2n) is 5.54. The van der Waals surface area contributed by atoms with Crippen molar-refractivity contribution in [3.05, 3.63) is 42.5 Å². The number of rotatable bonds is 5. The van der Waals surface area contributed by atoms with Crippen molar-refractivity contribution in [2.75, 3.05) is 30.6 Å². The number of thioether (sulfide) groups is 1. The molecule has 4 rings (SSSR count). The number of ether oxygens (including phenoxy) is 2. The van der Waals surface area contributed by atoms with Crippen LogP contribution in [0.4, 0.5) is 23.3 Å². The van der Waals surface area contributed by atoms with E-state index in [9.17, 15) is 0 Å². The number of nitrogens with one attached hydrogen (secondary N) is 2. The van der Waals surface area contributed by atoms with Gasteiger partial charge in [0.25, 0.3) is 0 Å². The molecule has 4 N–H and O–H groups in total. The molecule has 0 saturated heterocycles. The van der Waals surface area contributed by atoms with E-state index < -0.39 is 0 Å². The van der Waals surface area contributed by atoms with Gasteiger partial charge in [-0.2, -0.15) is 9.67 Å². The fraction of sp³-hybridized carbons (Fsp3) is 0.176. The molecule has 0 saturated carbocycles. The molecule has 134 valence electrons. The molecule has 2 aromatic carbocycles. The van der Waals surface area contributed by atoms with Crippen LogP contribution in [0.5, 0.6) is 11.5 Å². The summed E-state index contributed by atoms with van der Waals surface area (Å²) >= 11 is 1.64. The number of benzene rings is 2. The minimum Gasteiger partial charge on any atom is -0.493 e. The van der Waals surface area contributed by atoms with Crippen LogP contribution in [0, 0.1) is 0 Å². The lowest BCUT2D eigenvalue weighted by Gasteiger charge is -2.11. The molecule has 0 bridgehead atoms. The highest BCUT2D eigenvalue weighted by atomic mass is 32.2. The van der Waals surface area contributed by atoms with Crippen LogP contribution in [0.25, 0.3) is 0 Å². The Morgan fingerprint density at radius 3 is 2.73 bits per heavy atom. The summed E-state index contributed by atoms with van der Waals surface area (Å²) in [5.41, 5.74) is 7.76. The largest absolute Gasteiger partial charge is 0.493 e. The van der Waals surface area contributed by atoms with Crippen molar-refractivity contribution in [3.63, 3.8) is 0 Å². The Labute approximate surface area is 154 Å². The third-order valence-corrected chi connectivity index (χ3v) is 5.07. The van der Waals surface area contributed by atoms with Gasteiger partial charge in [0.15, 0.2) is 17.0 Å². The summed E-state index contributed by atoms with van der Waals surface area (Å²) in [5.74, 6) is 2.01. The Bertz CT molecular complexity index is 920. The van der Waals surface area contributed by atoms with Gasteiger partial charge >= 0.3 is 0 Å².